The van der Waals surface area contributed by atoms with Gasteiger partial charge >= 0.3 is 0 Å². The molecule has 1 aromatic rings. The fourth-order valence-electron chi connectivity index (χ4n) is 2.55. The number of aryl methyl sites for hydroxylation is 1. The average Bonchev–Trinajstić information content (AvgIpc) is 3.24. The van der Waals surface area contributed by atoms with Crippen molar-refractivity contribution in [3.8, 4) is 0 Å². The highest BCUT2D eigenvalue weighted by Gasteiger charge is 2.25. The van der Waals surface area contributed by atoms with Crippen molar-refractivity contribution in [1.82, 2.24) is 5.32 Å². The summed E-state index contributed by atoms with van der Waals surface area (Å²) in [7, 11) is 0. The minimum Gasteiger partial charge on any atom is -0.385 e. The van der Waals surface area contributed by atoms with Gasteiger partial charge in [0.2, 0.25) is 0 Å². The Labute approximate surface area is 122 Å². The van der Waals surface area contributed by atoms with Gasteiger partial charge < -0.3 is 10.6 Å². The summed E-state index contributed by atoms with van der Waals surface area (Å²) < 4.78 is 0. The summed E-state index contributed by atoms with van der Waals surface area (Å²) >= 11 is 0. The van der Waals surface area contributed by atoms with E-state index < -0.39 is 0 Å². The van der Waals surface area contributed by atoms with Gasteiger partial charge in [-0.25, -0.2) is 0 Å². The molecule has 0 saturated heterocycles. The van der Waals surface area contributed by atoms with Gasteiger partial charge in [-0.15, -0.1) is 0 Å². The van der Waals surface area contributed by atoms with Gasteiger partial charge in [-0.2, -0.15) is 0 Å². The summed E-state index contributed by atoms with van der Waals surface area (Å²) in [6.45, 7) is 7.15. The molecule has 20 heavy (non-hydrogen) atoms. The van der Waals surface area contributed by atoms with Gasteiger partial charge in [0.05, 0.1) is 0 Å². The van der Waals surface area contributed by atoms with Crippen LogP contribution in [0.5, 0.6) is 0 Å². The molecule has 2 N–H and O–H groups in total. The maximum absolute atomic E-state index is 12.3. The second-order valence-electron chi connectivity index (χ2n) is 5.82. The Morgan fingerprint density at radius 3 is 2.65 bits per heavy atom. The lowest BCUT2D eigenvalue weighted by Gasteiger charge is -2.17. The molecule has 1 aromatic carbocycles. The molecule has 0 spiro atoms. The van der Waals surface area contributed by atoms with Crippen LogP contribution in [-0.2, 0) is 0 Å². The van der Waals surface area contributed by atoms with E-state index in [9.17, 15) is 4.79 Å². The largest absolute Gasteiger partial charge is 0.385 e. The molecule has 0 heterocycles. The smallest absolute Gasteiger partial charge is 0.251 e. The Kier molecular flexibility index (Phi) is 5.05. The van der Waals surface area contributed by atoms with Crippen LogP contribution < -0.4 is 10.6 Å². The minimum absolute atomic E-state index is 0.0589. The molecule has 1 fully saturated rings. The molecule has 1 amide bonds. The van der Waals surface area contributed by atoms with Crippen molar-refractivity contribution < 1.29 is 4.79 Å². The van der Waals surface area contributed by atoms with Crippen LogP contribution in [-0.4, -0.2) is 18.5 Å². The molecule has 0 radical (unpaired) electrons. The zero-order valence-corrected chi connectivity index (χ0v) is 12.8. The topological polar surface area (TPSA) is 41.1 Å². The van der Waals surface area contributed by atoms with E-state index in [-0.39, 0.29) is 5.91 Å². The van der Waals surface area contributed by atoms with Crippen LogP contribution in [0, 0.1) is 12.8 Å². The van der Waals surface area contributed by atoms with E-state index in [1.54, 1.807) is 0 Å². The van der Waals surface area contributed by atoms with Gasteiger partial charge in [0, 0.05) is 23.8 Å². The van der Waals surface area contributed by atoms with Crippen LogP contribution in [0.4, 0.5) is 5.69 Å². The third-order valence-electron chi connectivity index (χ3n) is 4.00. The Hall–Kier alpha value is -1.51. The van der Waals surface area contributed by atoms with Crippen molar-refractivity contribution in [2.24, 2.45) is 5.92 Å². The molecular formula is C17H26N2O. The normalized spacial score (nSPS) is 15.8. The summed E-state index contributed by atoms with van der Waals surface area (Å²) in [4.78, 5) is 12.3. The van der Waals surface area contributed by atoms with Gasteiger partial charge in [-0.3, -0.25) is 4.79 Å². The Bertz CT molecular complexity index is 466. The van der Waals surface area contributed by atoms with Crippen molar-refractivity contribution in [3.05, 3.63) is 29.3 Å². The fraction of sp³-hybridized carbons (Fsp3) is 0.588. The lowest BCUT2D eigenvalue weighted by molar-refractivity contribution is 0.0932. The second-order valence-corrected chi connectivity index (χ2v) is 5.82. The molecule has 0 aliphatic heterocycles. The predicted molar refractivity (Wildman–Crippen MR) is 84.2 cm³/mol. The molecule has 1 aliphatic carbocycles. The first kappa shape index (κ1) is 14.9. The van der Waals surface area contributed by atoms with E-state index in [4.69, 9.17) is 0 Å². The highest BCUT2D eigenvalue weighted by atomic mass is 16.1. The summed E-state index contributed by atoms with van der Waals surface area (Å²) in [6, 6.07) is 6.19. The van der Waals surface area contributed by atoms with Crippen molar-refractivity contribution in [1.29, 1.82) is 0 Å². The maximum Gasteiger partial charge on any atom is 0.251 e. The summed E-state index contributed by atoms with van der Waals surface area (Å²) in [6.07, 6.45) is 4.82. The summed E-state index contributed by atoms with van der Waals surface area (Å²) in [5.41, 5.74) is 2.99. The average molecular weight is 274 g/mol. The van der Waals surface area contributed by atoms with Gasteiger partial charge in [0.25, 0.3) is 5.91 Å². The molecule has 1 unspecified atom stereocenters. The van der Waals surface area contributed by atoms with E-state index >= 15 is 0 Å². The predicted octanol–water partition coefficient (Wildman–Crippen LogP) is 3.74. The monoisotopic (exact) mass is 274 g/mol. The SMILES string of the molecule is CCNc1ccc(C(=O)NC(CC)CC2CC2)cc1C. The lowest BCUT2D eigenvalue weighted by Crippen LogP contribution is -2.34. The lowest BCUT2D eigenvalue weighted by atomic mass is 10.1. The van der Waals surface area contributed by atoms with Crippen molar-refractivity contribution in [3.63, 3.8) is 0 Å². The van der Waals surface area contributed by atoms with Crippen LogP contribution in [0.25, 0.3) is 0 Å². The maximum atomic E-state index is 12.3. The number of anilines is 1. The molecule has 3 nitrogen and oxygen atoms in total. The van der Waals surface area contributed by atoms with Crippen LogP contribution in [0.1, 0.15) is 55.5 Å². The second kappa shape index (κ2) is 6.78. The Balaban J connectivity index is 1.98. The molecule has 1 saturated carbocycles. The van der Waals surface area contributed by atoms with Gasteiger partial charge in [0.1, 0.15) is 0 Å². The van der Waals surface area contributed by atoms with Crippen LogP contribution in [0.15, 0.2) is 18.2 Å². The van der Waals surface area contributed by atoms with Gasteiger partial charge in [-0.05, 0) is 56.4 Å². The van der Waals surface area contributed by atoms with E-state index in [1.165, 1.54) is 12.8 Å². The number of carbonyl (C=O) groups excluding carboxylic acids is 1. The summed E-state index contributed by atoms with van der Waals surface area (Å²) in [5.74, 6) is 0.904. The van der Waals surface area contributed by atoms with E-state index in [0.29, 0.717) is 6.04 Å². The van der Waals surface area contributed by atoms with Crippen molar-refractivity contribution in [2.75, 3.05) is 11.9 Å². The minimum atomic E-state index is 0.0589. The highest BCUT2D eigenvalue weighted by Crippen LogP contribution is 2.34. The van der Waals surface area contributed by atoms with E-state index in [1.807, 2.05) is 25.1 Å². The number of hydrogen-bond donors (Lipinski definition) is 2. The van der Waals surface area contributed by atoms with Crippen LogP contribution >= 0.6 is 0 Å². The number of rotatable bonds is 7. The third-order valence-corrected chi connectivity index (χ3v) is 4.00. The number of benzene rings is 1. The van der Waals surface area contributed by atoms with Crippen LogP contribution in [0.3, 0.4) is 0 Å². The molecule has 0 aromatic heterocycles. The molecule has 3 heteroatoms. The number of amides is 1. The van der Waals surface area contributed by atoms with Gasteiger partial charge in [-0.1, -0.05) is 19.8 Å². The van der Waals surface area contributed by atoms with Crippen LogP contribution in [0.2, 0.25) is 0 Å². The summed E-state index contributed by atoms with van der Waals surface area (Å²) in [5, 5.41) is 6.47. The first-order valence-corrected chi connectivity index (χ1v) is 7.79. The number of carbonyl (C=O) groups is 1. The highest BCUT2D eigenvalue weighted by molar-refractivity contribution is 5.95. The quantitative estimate of drug-likeness (QED) is 0.795. The zero-order chi connectivity index (χ0) is 14.5. The zero-order valence-electron chi connectivity index (χ0n) is 12.8. The Morgan fingerprint density at radius 1 is 1.35 bits per heavy atom. The van der Waals surface area contributed by atoms with Gasteiger partial charge in [0.15, 0.2) is 0 Å². The molecule has 110 valence electrons. The van der Waals surface area contributed by atoms with E-state index in [0.717, 1.165) is 42.1 Å². The molecule has 0 bridgehead atoms. The molecule has 1 aliphatic rings. The molecular weight excluding hydrogens is 248 g/mol. The number of nitrogens with one attached hydrogen (secondary N) is 2. The number of hydrogen-bond acceptors (Lipinski definition) is 2. The fourth-order valence-corrected chi connectivity index (χ4v) is 2.55. The molecule has 1 atom stereocenters. The first-order chi connectivity index (χ1) is 9.63. The van der Waals surface area contributed by atoms with Crippen molar-refractivity contribution in [2.45, 2.75) is 52.5 Å². The Morgan fingerprint density at radius 2 is 2.10 bits per heavy atom. The standard InChI is InChI=1S/C17H26N2O/c1-4-15(11-13-6-7-13)19-17(20)14-8-9-16(18-5-2)12(3)10-14/h8-10,13,15,18H,4-7,11H2,1-3H3,(H,19,20). The third kappa shape index (κ3) is 3.99. The van der Waals surface area contributed by atoms with E-state index in [2.05, 4.69) is 24.5 Å². The first-order valence-electron chi connectivity index (χ1n) is 7.79. The van der Waals surface area contributed by atoms with Crippen molar-refractivity contribution >= 4 is 11.6 Å². The molecule has 2 rings (SSSR count).